The molecule has 0 rings (SSSR count). The molecule has 5 nitrogen and oxygen atoms in total. The van der Waals surface area contributed by atoms with Crippen LogP contribution in [0.25, 0.3) is 0 Å². The van der Waals surface area contributed by atoms with E-state index in [0.717, 1.165) is 0 Å². The van der Waals surface area contributed by atoms with Gasteiger partial charge in [-0.25, -0.2) is 9.78 Å². The van der Waals surface area contributed by atoms with Crippen molar-refractivity contribution in [3.8, 4) is 0 Å². The van der Waals surface area contributed by atoms with Crippen LogP contribution in [0.1, 0.15) is 0 Å². The molecule has 0 aliphatic carbocycles. The molecule has 0 aromatic rings. The third kappa shape index (κ3) is 3.13. The summed E-state index contributed by atoms with van der Waals surface area (Å²) in [6.45, 7) is -1.07. The van der Waals surface area contributed by atoms with Crippen molar-refractivity contribution in [2.75, 3.05) is 33.5 Å². The topological polar surface area (TPSA) is 79.2 Å². The van der Waals surface area contributed by atoms with Gasteiger partial charge in [0.15, 0.2) is 0 Å². The minimum absolute atomic E-state index is 0.0347. The van der Waals surface area contributed by atoms with E-state index in [-0.39, 0.29) is 26.4 Å². The van der Waals surface area contributed by atoms with Crippen LogP contribution in [-0.4, -0.2) is 48.9 Å². The average molecular weight is 166 g/mol. The number of aliphatic hydroxyl groups excluding tert-OH is 3. The molecule has 11 heavy (non-hydrogen) atoms. The highest BCUT2D eigenvalue weighted by atomic mass is 17.2. The molecule has 0 radical (unpaired) electrons. The minimum Gasteiger partial charge on any atom is -0.396 e. The van der Waals surface area contributed by atoms with Gasteiger partial charge in [-0.1, -0.05) is 0 Å². The van der Waals surface area contributed by atoms with Gasteiger partial charge in [0.1, 0.15) is 0 Å². The first-order valence-electron chi connectivity index (χ1n) is 3.23. The molecule has 0 aliphatic rings. The number of hydrogen-bond acceptors (Lipinski definition) is 5. The largest absolute Gasteiger partial charge is 0.396 e. The van der Waals surface area contributed by atoms with Crippen molar-refractivity contribution in [2.24, 2.45) is 5.41 Å². The van der Waals surface area contributed by atoms with Gasteiger partial charge >= 0.3 is 0 Å². The third-order valence-electron chi connectivity index (χ3n) is 1.49. The van der Waals surface area contributed by atoms with E-state index in [2.05, 4.69) is 9.78 Å². The van der Waals surface area contributed by atoms with Crippen LogP contribution in [0.4, 0.5) is 0 Å². The number of aliphatic hydroxyl groups is 3. The summed E-state index contributed by atoms with van der Waals surface area (Å²) in [5.41, 5.74) is -1.00. The Morgan fingerprint density at radius 3 is 1.82 bits per heavy atom. The highest BCUT2D eigenvalue weighted by Gasteiger charge is 2.28. The Morgan fingerprint density at radius 1 is 1.09 bits per heavy atom. The van der Waals surface area contributed by atoms with Gasteiger partial charge in [-0.3, -0.25) is 0 Å². The Labute approximate surface area is 65.1 Å². The van der Waals surface area contributed by atoms with Crippen molar-refractivity contribution in [1.29, 1.82) is 0 Å². The van der Waals surface area contributed by atoms with Crippen molar-refractivity contribution in [1.82, 2.24) is 0 Å². The fraction of sp³-hybridized carbons (Fsp3) is 1.00. The first-order chi connectivity index (χ1) is 5.24. The average Bonchev–Trinajstić information content (AvgIpc) is 2.08. The van der Waals surface area contributed by atoms with Crippen LogP contribution < -0.4 is 0 Å². The zero-order chi connectivity index (χ0) is 8.74. The van der Waals surface area contributed by atoms with Crippen LogP contribution in [-0.2, 0) is 9.78 Å². The van der Waals surface area contributed by atoms with Crippen LogP contribution in [0, 0.1) is 5.41 Å². The first kappa shape index (κ1) is 10.8. The van der Waals surface area contributed by atoms with E-state index in [0.29, 0.717) is 0 Å². The monoisotopic (exact) mass is 166 g/mol. The summed E-state index contributed by atoms with van der Waals surface area (Å²) in [5.74, 6) is 0. The second-order valence-electron chi connectivity index (χ2n) is 2.40. The number of rotatable bonds is 6. The van der Waals surface area contributed by atoms with Crippen molar-refractivity contribution in [2.45, 2.75) is 0 Å². The van der Waals surface area contributed by atoms with Crippen molar-refractivity contribution >= 4 is 0 Å². The van der Waals surface area contributed by atoms with Crippen LogP contribution in [0.15, 0.2) is 0 Å². The molecular weight excluding hydrogens is 152 g/mol. The Kier molecular flexibility index (Phi) is 5.35. The van der Waals surface area contributed by atoms with Crippen LogP contribution in [0.2, 0.25) is 0 Å². The smallest absolute Gasteiger partial charge is 0.0944 e. The lowest BCUT2D eigenvalue weighted by Gasteiger charge is -2.25. The van der Waals surface area contributed by atoms with Gasteiger partial charge in [-0.05, 0) is 0 Å². The molecule has 0 saturated heterocycles. The van der Waals surface area contributed by atoms with Crippen molar-refractivity contribution in [3.05, 3.63) is 0 Å². The Bertz CT molecular complexity index is 82.7. The van der Waals surface area contributed by atoms with Crippen LogP contribution >= 0.6 is 0 Å². The lowest BCUT2D eigenvalue weighted by Crippen LogP contribution is -2.38. The SMILES string of the molecule is COOCC(CO)(CO)CO. The molecule has 3 N–H and O–H groups in total. The molecule has 0 unspecified atom stereocenters. The molecule has 0 aromatic carbocycles. The van der Waals surface area contributed by atoms with E-state index < -0.39 is 5.41 Å². The van der Waals surface area contributed by atoms with Gasteiger partial charge in [0, 0.05) is 0 Å². The summed E-state index contributed by atoms with van der Waals surface area (Å²) >= 11 is 0. The maximum Gasteiger partial charge on any atom is 0.0944 e. The highest BCUT2D eigenvalue weighted by Crippen LogP contribution is 2.14. The lowest BCUT2D eigenvalue weighted by molar-refractivity contribution is -0.297. The van der Waals surface area contributed by atoms with Crippen molar-refractivity contribution < 1.29 is 25.1 Å². The molecule has 68 valence electrons. The van der Waals surface area contributed by atoms with Gasteiger partial charge in [0.2, 0.25) is 0 Å². The van der Waals surface area contributed by atoms with E-state index in [1.165, 1.54) is 7.11 Å². The zero-order valence-electron chi connectivity index (χ0n) is 6.49. The lowest BCUT2D eigenvalue weighted by atomic mass is 9.93. The molecule has 0 atom stereocenters. The fourth-order valence-electron chi connectivity index (χ4n) is 0.471. The molecule has 5 heteroatoms. The Hall–Kier alpha value is -0.200. The molecular formula is C6H14O5. The summed E-state index contributed by atoms with van der Waals surface area (Å²) in [6.07, 6.45) is 0. The molecule has 0 aromatic heterocycles. The van der Waals surface area contributed by atoms with Gasteiger partial charge in [-0.15, -0.1) is 0 Å². The standard InChI is InChI=1S/C6H14O5/c1-10-11-5-6(2-7,3-8)4-9/h7-9H,2-5H2,1H3. The van der Waals surface area contributed by atoms with Crippen molar-refractivity contribution in [3.63, 3.8) is 0 Å². The number of hydrogen-bond donors (Lipinski definition) is 3. The van der Waals surface area contributed by atoms with E-state index in [4.69, 9.17) is 15.3 Å². The molecule has 0 heterocycles. The predicted molar refractivity (Wildman–Crippen MR) is 36.7 cm³/mol. The quantitative estimate of drug-likeness (QED) is 0.331. The summed E-state index contributed by atoms with van der Waals surface area (Å²) in [4.78, 5) is 8.76. The molecule has 0 bridgehead atoms. The summed E-state index contributed by atoms with van der Waals surface area (Å²) in [7, 11) is 1.32. The Morgan fingerprint density at radius 2 is 1.55 bits per heavy atom. The Balaban J connectivity index is 3.84. The third-order valence-corrected chi connectivity index (χ3v) is 1.49. The van der Waals surface area contributed by atoms with E-state index >= 15 is 0 Å². The molecule has 0 fully saturated rings. The molecule has 0 spiro atoms. The van der Waals surface area contributed by atoms with Gasteiger partial charge in [0.05, 0.1) is 39.0 Å². The van der Waals surface area contributed by atoms with E-state index in [1.54, 1.807) is 0 Å². The van der Waals surface area contributed by atoms with E-state index in [1.807, 2.05) is 0 Å². The second-order valence-corrected chi connectivity index (χ2v) is 2.40. The second kappa shape index (κ2) is 5.45. The summed E-state index contributed by atoms with van der Waals surface area (Å²) < 4.78 is 0. The molecule has 0 saturated carbocycles. The van der Waals surface area contributed by atoms with E-state index in [9.17, 15) is 0 Å². The van der Waals surface area contributed by atoms with Gasteiger partial charge < -0.3 is 15.3 Å². The summed E-state index contributed by atoms with van der Waals surface area (Å²) in [6, 6.07) is 0. The van der Waals surface area contributed by atoms with Gasteiger partial charge in [-0.2, -0.15) is 0 Å². The van der Waals surface area contributed by atoms with Crippen LogP contribution in [0.3, 0.4) is 0 Å². The normalized spacial score (nSPS) is 12.0. The fourth-order valence-corrected chi connectivity index (χ4v) is 0.471. The molecule has 0 amide bonds. The first-order valence-corrected chi connectivity index (χ1v) is 3.23. The van der Waals surface area contributed by atoms with Crippen LogP contribution in [0.5, 0.6) is 0 Å². The maximum absolute atomic E-state index is 8.75. The predicted octanol–water partition coefficient (Wildman–Crippen LogP) is -1.47. The highest BCUT2D eigenvalue weighted by molar-refractivity contribution is 4.75. The zero-order valence-corrected chi connectivity index (χ0v) is 6.49. The maximum atomic E-state index is 8.75. The summed E-state index contributed by atoms with van der Waals surface area (Å²) in [5, 5.41) is 26.2. The molecule has 0 aliphatic heterocycles. The van der Waals surface area contributed by atoms with Gasteiger partial charge in [0.25, 0.3) is 0 Å². The minimum atomic E-state index is -1.00.